The quantitative estimate of drug-likeness (QED) is 0.683. The van der Waals surface area contributed by atoms with Crippen molar-refractivity contribution in [1.82, 2.24) is 5.32 Å². The maximum Gasteiger partial charge on any atom is 0.311 e. The van der Waals surface area contributed by atoms with Crippen LogP contribution in [-0.4, -0.2) is 31.9 Å². The molecule has 0 aliphatic rings. The van der Waals surface area contributed by atoms with E-state index in [1.165, 1.54) is 6.07 Å². The molecule has 1 aromatic carbocycles. The summed E-state index contributed by atoms with van der Waals surface area (Å²) in [6.07, 6.45) is 0.739. The molecule has 134 valence electrons. The molecule has 0 heterocycles. The Bertz CT molecular complexity index is 752. The van der Waals surface area contributed by atoms with Crippen molar-refractivity contribution >= 4 is 21.9 Å². The molecule has 8 heteroatoms. The Morgan fingerprint density at radius 2 is 1.75 bits per heavy atom. The van der Waals surface area contributed by atoms with Gasteiger partial charge in [-0.05, 0) is 49.9 Å². The zero-order chi connectivity index (χ0) is 18.7. The minimum Gasteiger partial charge on any atom is -0.481 e. The lowest BCUT2D eigenvalue weighted by Gasteiger charge is -2.26. The molecule has 0 fully saturated rings. The molecule has 1 rings (SSSR count). The van der Waals surface area contributed by atoms with Crippen molar-refractivity contribution in [2.45, 2.75) is 45.4 Å². The van der Waals surface area contributed by atoms with E-state index >= 15 is 0 Å². The van der Waals surface area contributed by atoms with Crippen LogP contribution in [0.15, 0.2) is 17.0 Å². The van der Waals surface area contributed by atoms with Gasteiger partial charge >= 0.3 is 5.97 Å². The number of aryl methyl sites for hydroxylation is 1. The SMILES string of the molecule is CCC(CC)(CNC(=O)c1cc(C)c(C)c(S(N)(=O)=O)c1)C(=O)O. The normalized spacial score (nSPS) is 12.0. The summed E-state index contributed by atoms with van der Waals surface area (Å²) < 4.78 is 23.3. The standard InChI is InChI=1S/C16H24N2O5S/c1-5-16(6-2,15(20)21)9-18-14(19)12-7-10(3)11(4)13(8-12)24(17,22)23/h7-8H,5-6,9H2,1-4H3,(H,18,19)(H,20,21)(H2,17,22,23). The van der Waals surface area contributed by atoms with E-state index in [4.69, 9.17) is 5.14 Å². The number of benzene rings is 1. The fourth-order valence-corrected chi connectivity index (χ4v) is 3.36. The van der Waals surface area contributed by atoms with Gasteiger partial charge in [0.15, 0.2) is 0 Å². The maximum atomic E-state index is 12.3. The predicted molar refractivity (Wildman–Crippen MR) is 90.3 cm³/mol. The summed E-state index contributed by atoms with van der Waals surface area (Å²) in [4.78, 5) is 23.7. The summed E-state index contributed by atoms with van der Waals surface area (Å²) in [6.45, 7) is 6.75. The van der Waals surface area contributed by atoms with E-state index in [2.05, 4.69) is 5.32 Å². The maximum absolute atomic E-state index is 12.3. The molecule has 0 saturated heterocycles. The number of carbonyl (C=O) groups is 2. The Morgan fingerprint density at radius 3 is 2.17 bits per heavy atom. The van der Waals surface area contributed by atoms with Crippen molar-refractivity contribution in [1.29, 1.82) is 0 Å². The number of rotatable bonds is 7. The number of carbonyl (C=O) groups excluding carboxylic acids is 1. The molecule has 0 aliphatic heterocycles. The lowest BCUT2D eigenvalue weighted by atomic mass is 9.82. The molecule has 0 atom stereocenters. The van der Waals surface area contributed by atoms with Crippen LogP contribution in [0.5, 0.6) is 0 Å². The second kappa shape index (κ2) is 7.31. The molecular formula is C16H24N2O5S. The minimum absolute atomic E-state index is 0.0359. The first-order valence-corrected chi connectivity index (χ1v) is 9.18. The number of sulfonamides is 1. The third-order valence-corrected chi connectivity index (χ3v) is 5.62. The van der Waals surface area contributed by atoms with Crippen LogP contribution in [0.4, 0.5) is 0 Å². The molecule has 0 aromatic heterocycles. The monoisotopic (exact) mass is 356 g/mol. The minimum atomic E-state index is -3.95. The molecule has 7 nitrogen and oxygen atoms in total. The van der Waals surface area contributed by atoms with Crippen LogP contribution in [0.1, 0.15) is 48.2 Å². The number of hydrogen-bond donors (Lipinski definition) is 3. The van der Waals surface area contributed by atoms with E-state index in [9.17, 15) is 23.1 Å². The van der Waals surface area contributed by atoms with Gasteiger partial charge in [-0.3, -0.25) is 9.59 Å². The fourth-order valence-electron chi connectivity index (χ4n) is 2.48. The summed E-state index contributed by atoms with van der Waals surface area (Å²) in [5.74, 6) is -1.51. The van der Waals surface area contributed by atoms with Gasteiger partial charge in [-0.1, -0.05) is 13.8 Å². The predicted octanol–water partition coefficient (Wildman–Crippen LogP) is 1.57. The van der Waals surface area contributed by atoms with Crippen molar-refractivity contribution in [2.24, 2.45) is 10.6 Å². The first-order valence-electron chi connectivity index (χ1n) is 7.64. The van der Waals surface area contributed by atoms with Crippen LogP contribution in [0.3, 0.4) is 0 Å². The number of primary sulfonamides is 1. The molecule has 0 spiro atoms. The Kier molecular flexibility index (Phi) is 6.13. The fraction of sp³-hybridized carbons (Fsp3) is 0.500. The summed E-state index contributed by atoms with van der Waals surface area (Å²) in [5.41, 5.74) is 0.185. The van der Waals surface area contributed by atoms with Gasteiger partial charge in [-0.2, -0.15) is 0 Å². The number of amides is 1. The van der Waals surface area contributed by atoms with Gasteiger partial charge in [-0.25, -0.2) is 13.6 Å². The highest BCUT2D eigenvalue weighted by Crippen LogP contribution is 2.26. The molecule has 0 saturated carbocycles. The van der Waals surface area contributed by atoms with Gasteiger partial charge < -0.3 is 10.4 Å². The molecule has 1 aromatic rings. The zero-order valence-electron chi connectivity index (χ0n) is 14.3. The van der Waals surface area contributed by atoms with Crippen molar-refractivity contribution in [2.75, 3.05) is 6.54 Å². The highest BCUT2D eigenvalue weighted by atomic mass is 32.2. The van der Waals surface area contributed by atoms with Crippen molar-refractivity contribution in [3.05, 3.63) is 28.8 Å². The van der Waals surface area contributed by atoms with Gasteiger partial charge in [0.1, 0.15) is 0 Å². The van der Waals surface area contributed by atoms with Crippen molar-refractivity contribution in [3.63, 3.8) is 0 Å². The van der Waals surface area contributed by atoms with Crippen LogP contribution >= 0.6 is 0 Å². The van der Waals surface area contributed by atoms with Gasteiger partial charge in [0.05, 0.1) is 10.3 Å². The first-order chi connectivity index (χ1) is 11.0. The summed E-state index contributed by atoms with van der Waals surface area (Å²) in [7, 11) is -3.95. The molecule has 1 amide bonds. The van der Waals surface area contributed by atoms with Crippen LogP contribution in [0, 0.1) is 19.3 Å². The second-order valence-corrected chi connectivity index (χ2v) is 7.47. The topological polar surface area (TPSA) is 127 Å². The summed E-state index contributed by atoms with van der Waals surface area (Å²) in [6, 6.07) is 2.77. The smallest absolute Gasteiger partial charge is 0.311 e. The number of nitrogens with one attached hydrogen (secondary N) is 1. The number of carboxylic acids is 1. The molecular weight excluding hydrogens is 332 g/mol. The highest BCUT2D eigenvalue weighted by molar-refractivity contribution is 7.89. The third kappa shape index (κ3) is 4.12. The zero-order valence-corrected chi connectivity index (χ0v) is 15.2. The Balaban J connectivity index is 3.13. The lowest BCUT2D eigenvalue weighted by molar-refractivity contribution is -0.149. The van der Waals surface area contributed by atoms with E-state index in [0.717, 1.165) is 0 Å². The molecule has 0 bridgehead atoms. The van der Waals surface area contributed by atoms with E-state index in [1.54, 1.807) is 33.8 Å². The molecule has 24 heavy (non-hydrogen) atoms. The lowest BCUT2D eigenvalue weighted by Crippen LogP contribution is -2.42. The summed E-state index contributed by atoms with van der Waals surface area (Å²) >= 11 is 0. The van der Waals surface area contributed by atoms with Crippen molar-refractivity contribution < 1.29 is 23.1 Å². The number of carboxylic acid groups (broad SMARTS) is 1. The average Bonchev–Trinajstić information content (AvgIpc) is 2.49. The van der Waals surface area contributed by atoms with Gasteiger partial charge in [0.25, 0.3) is 5.91 Å². The Hall–Kier alpha value is -1.93. The van der Waals surface area contributed by atoms with Crippen LogP contribution in [-0.2, 0) is 14.8 Å². The van der Waals surface area contributed by atoms with E-state index < -0.39 is 27.3 Å². The van der Waals surface area contributed by atoms with Crippen LogP contribution < -0.4 is 10.5 Å². The Morgan fingerprint density at radius 1 is 1.21 bits per heavy atom. The van der Waals surface area contributed by atoms with Gasteiger partial charge in [0.2, 0.25) is 10.0 Å². The van der Waals surface area contributed by atoms with E-state index in [-0.39, 0.29) is 17.0 Å². The average molecular weight is 356 g/mol. The largest absolute Gasteiger partial charge is 0.481 e. The van der Waals surface area contributed by atoms with Crippen molar-refractivity contribution in [3.8, 4) is 0 Å². The first kappa shape index (κ1) is 20.1. The van der Waals surface area contributed by atoms with Gasteiger partial charge in [-0.15, -0.1) is 0 Å². The molecule has 4 N–H and O–H groups in total. The molecule has 0 aliphatic carbocycles. The summed E-state index contributed by atoms with van der Waals surface area (Å²) in [5, 5.41) is 17.2. The third-order valence-electron chi connectivity index (χ3n) is 4.58. The Labute approximate surface area is 142 Å². The van der Waals surface area contributed by atoms with Crippen LogP contribution in [0.25, 0.3) is 0 Å². The van der Waals surface area contributed by atoms with E-state index in [0.29, 0.717) is 24.0 Å². The molecule has 0 unspecified atom stereocenters. The van der Waals surface area contributed by atoms with Gasteiger partial charge in [0, 0.05) is 12.1 Å². The highest BCUT2D eigenvalue weighted by Gasteiger charge is 2.35. The second-order valence-electron chi connectivity index (χ2n) is 5.94. The number of hydrogen-bond acceptors (Lipinski definition) is 4. The molecule has 0 radical (unpaired) electrons. The number of nitrogens with two attached hydrogens (primary N) is 1. The van der Waals surface area contributed by atoms with Crippen LogP contribution in [0.2, 0.25) is 0 Å². The van der Waals surface area contributed by atoms with E-state index in [1.807, 2.05) is 0 Å². The number of aliphatic carboxylic acids is 1.